The Bertz CT molecular complexity index is 612. The molecule has 0 aliphatic rings. The van der Waals surface area contributed by atoms with Crippen LogP contribution >= 0.6 is 0 Å². The second-order valence-electron chi connectivity index (χ2n) is 7.60. The highest BCUT2D eigenvalue weighted by molar-refractivity contribution is 5.93. The largest absolute Gasteiger partial charge is 0.481 e. The van der Waals surface area contributed by atoms with Crippen molar-refractivity contribution in [2.75, 3.05) is 0 Å². The molecule has 0 aliphatic heterocycles. The number of carboxylic acids is 2. The number of aliphatic carboxylic acids is 2. The first-order valence-corrected chi connectivity index (χ1v) is 8.69. The number of carboxylic acid groups (broad SMARTS) is 2. The summed E-state index contributed by atoms with van der Waals surface area (Å²) in [6.45, 7) is 9.66. The lowest BCUT2D eigenvalue weighted by Gasteiger charge is -2.26. The molecule has 11 nitrogen and oxygen atoms in total. The second kappa shape index (κ2) is 10.5. The van der Waals surface area contributed by atoms with Gasteiger partial charge in [-0.2, -0.15) is 0 Å². The Labute approximate surface area is 163 Å². The maximum Gasteiger partial charge on any atom is 0.408 e. The third-order valence-corrected chi connectivity index (χ3v) is 3.37. The smallest absolute Gasteiger partial charge is 0.408 e. The molecule has 0 saturated carbocycles. The average Bonchev–Trinajstić information content (AvgIpc) is 2.48. The molecular weight excluding hydrogens is 374 g/mol. The average molecular weight is 403 g/mol. The predicted molar refractivity (Wildman–Crippen MR) is 97.4 cm³/mol. The minimum absolute atomic E-state index is 0.332. The van der Waals surface area contributed by atoms with Gasteiger partial charge in [0.1, 0.15) is 23.7 Å². The van der Waals surface area contributed by atoms with E-state index in [2.05, 4.69) is 10.6 Å². The van der Waals surface area contributed by atoms with Gasteiger partial charge in [0, 0.05) is 0 Å². The van der Waals surface area contributed by atoms with Gasteiger partial charge in [-0.1, -0.05) is 13.8 Å². The molecule has 3 amide bonds. The Morgan fingerprint density at radius 2 is 1.43 bits per heavy atom. The molecule has 28 heavy (non-hydrogen) atoms. The van der Waals surface area contributed by atoms with E-state index in [4.69, 9.17) is 14.9 Å². The topological polar surface area (TPSA) is 171 Å². The molecule has 11 heteroatoms. The maximum absolute atomic E-state index is 12.4. The zero-order valence-electron chi connectivity index (χ0n) is 16.9. The van der Waals surface area contributed by atoms with Crippen LogP contribution < -0.4 is 16.0 Å². The van der Waals surface area contributed by atoms with Crippen LogP contribution in [0.4, 0.5) is 4.79 Å². The molecule has 0 unspecified atom stereocenters. The van der Waals surface area contributed by atoms with E-state index in [1.165, 1.54) is 6.92 Å². The van der Waals surface area contributed by atoms with Crippen molar-refractivity contribution in [1.29, 1.82) is 0 Å². The lowest BCUT2D eigenvalue weighted by molar-refractivity contribution is -0.147. The fraction of sp³-hybridized carbons (Fsp3) is 0.706. The van der Waals surface area contributed by atoms with E-state index in [0.717, 1.165) is 0 Å². The predicted octanol–water partition coefficient (Wildman–Crippen LogP) is 0.0845. The summed E-state index contributed by atoms with van der Waals surface area (Å²) >= 11 is 0. The van der Waals surface area contributed by atoms with Gasteiger partial charge in [0.05, 0.1) is 6.42 Å². The number of carbonyl (C=O) groups is 5. The Kier molecular flexibility index (Phi) is 9.41. The Morgan fingerprint density at radius 1 is 0.893 bits per heavy atom. The molecule has 0 fully saturated rings. The maximum atomic E-state index is 12.4. The Balaban J connectivity index is 4.97. The third-order valence-electron chi connectivity index (χ3n) is 3.37. The number of carbonyl (C=O) groups excluding carboxylic acids is 3. The summed E-state index contributed by atoms with van der Waals surface area (Å²) < 4.78 is 5.11. The van der Waals surface area contributed by atoms with Gasteiger partial charge in [0.15, 0.2) is 0 Å². The van der Waals surface area contributed by atoms with Crippen molar-refractivity contribution < 1.29 is 38.9 Å². The number of amides is 3. The Hall–Kier alpha value is -2.85. The van der Waals surface area contributed by atoms with Gasteiger partial charge in [0.25, 0.3) is 0 Å². The monoisotopic (exact) mass is 403 g/mol. The standard InChI is InChI=1S/C17H29N3O8/c1-8(2)12(20-16(27)28-17(4,5)6)14(24)18-9(3)13(23)19-10(15(25)26)7-11(21)22/h8-10,12H,7H2,1-6H3,(H,18,24)(H,19,23)(H,20,27)(H,21,22)(H,25,26)/t9-,10-,12-/m0/s1. The first-order chi connectivity index (χ1) is 12.6. The summed E-state index contributed by atoms with van der Waals surface area (Å²) in [5.74, 6) is -4.79. The van der Waals surface area contributed by atoms with E-state index in [1.54, 1.807) is 34.6 Å². The van der Waals surface area contributed by atoms with Crippen molar-refractivity contribution in [2.24, 2.45) is 5.92 Å². The van der Waals surface area contributed by atoms with Gasteiger partial charge in [-0.05, 0) is 33.6 Å². The van der Waals surface area contributed by atoms with Crippen LogP contribution in [0.5, 0.6) is 0 Å². The first-order valence-electron chi connectivity index (χ1n) is 8.69. The van der Waals surface area contributed by atoms with Crippen LogP contribution in [-0.4, -0.2) is 63.8 Å². The first kappa shape index (κ1) is 25.1. The van der Waals surface area contributed by atoms with Crippen LogP contribution in [0.15, 0.2) is 0 Å². The highest BCUT2D eigenvalue weighted by atomic mass is 16.6. The number of rotatable bonds is 9. The van der Waals surface area contributed by atoms with E-state index in [1.807, 2.05) is 5.32 Å². The normalized spacial score (nSPS) is 14.4. The SMILES string of the molecule is CC(C)[C@H](NC(=O)OC(C)(C)C)C(=O)N[C@@H](C)C(=O)N[C@@H](CC(=O)O)C(=O)O. The highest BCUT2D eigenvalue weighted by Gasteiger charge is 2.30. The van der Waals surface area contributed by atoms with E-state index in [0.29, 0.717) is 0 Å². The number of nitrogens with one attached hydrogen (secondary N) is 3. The summed E-state index contributed by atoms with van der Waals surface area (Å²) in [6, 6.07) is -3.80. The molecule has 0 saturated heterocycles. The number of hydrogen-bond donors (Lipinski definition) is 5. The van der Waals surface area contributed by atoms with Crippen LogP contribution in [0.3, 0.4) is 0 Å². The summed E-state index contributed by atoms with van der Waals surface area (Å²) in [7, 11) is 0. The van der Waals surface area contributed by atoms with Gasteiger partial charge >= 0.3 is 18.0 Å². The molecule has 0 aliphatic carbocycles. The lowest BCUT2D eigenvalue weighted by Crippen LogP contribution is -2.56. The number of ether oxygens (including phenoxy) is 1. The van der Waals surface area contributed by atoms with E-state index in [-0.39, 0.29) is 5.92 Å². The van der Waals surface area contributed by atoms with E-state index in [9.17, 15) is 24.0 Å². The fourth-order valence-electron chi connectivity index (χ4n) is 2.01. The minimum Gasteiger partial charge on any atom is -0.481 e. The van der Waals surface area contributed by atoms with E-state index >= 15 is 0 Å². The zero-order chi connectivity index (χ0) is 22.2. The van der Waals surface area contributed by atoms with Gasteiger partial charge in [-0.3, -0.25) is 14.4 Å². The van der Waals surface area contributed by atoms with Crippen molar-refractivity contribution in [3.63, 3.8) is 0 Å². The summed E-state index contributed by atoms with van der Waals surface area (Å²) in [6.07, 6.45) is -1.61. The van der Waals surface area contributed by atoms with Crippen molar-refractivity contribution in [3.8, 4) is 0 Å². The van der Waals surface area contributed by atoms with Gasteiger partial charge < -0.3 is 30.9 Å². The molecule has 5 N–H and O–H groups in total. The Morgan fingerprint density at radius 3 is 1.82 bits per heavy atom. The molecule has 0 radical (unpaired) electrons. The lowest BCUT2D eigenvalue weighted by atomic mass is 10.0. The zero-order valence-corrected chi connectivity index (χ0v) is 16.9. The molecule has 160 valence electrons. The van der Waals surface area contributed by atoms with Gasteiger partial charge in [-0.15, -0.1) is 0 Å². The molecule has 0 aromatic carbocycles. The van der Waals surface area contributed by atoms with Crippen LogP contribution in [0, 0.1) is 5.92 Å². The summed E-state index contributed by atoms with van der Waals surface area (Å²) in [4.78, 5) is 58.1. The summed E-state index contributed by atoms with van der Waals surface area (Å²) in [5, 5.41) is 24.5. The van der Waals surface area contributed by atoms with Crippen molar-refractivity contribution in [3.05, 3.63) is 0 Å². The molecule has 0 spiro atoms. The third kappa shape index (κ3) is 9.74. The second-order valence-corrected chi connectivity index (χ2v) is 7.60. The van der Waals surface area contributed by atoms with Crippen molar-refractivity contribution >= 4 is 29.8 Å². The van der Waals surface area contributed by atoms with Crippen LogP contribution in [0.2, 0.25) is 0 Å². The van der Waals surface area contributed by atoms with Crippen LogP contribution in [-0.2, 0) is 23.9 Å². The molecule has 0 heterocycles. The van der Waals surface area contributed by atoms with Crippen LogP contribution in [0.25, 0.3) is 0 Å². The molecule has 0 aromatic heterocycles. The molecule has 3 atom stereocenters. The quantitative estimate of drug-likeness (QED) is 0.360. The van der Waals surface area contributed by atoms with Gasteiger partial charge in [0.2, 0.25) is 11.8 Å². The van der Waals surface area contributed by atoms with Crippen LogP contribution in [0.1, 0.15) is 48.0 Å². The van der Waals surface area contributed by atoms with Crippen molar-refractivity contribution in [2.45, 2.75) is 71.7 Å². The molecule has 0 bridgehead atoms. The van der Waals surface area contributed by atoms with Gasteiger partial charge in [-0.25, -0.2) is 9.59 Å². The molecule has 0 aromatic rings. The summed E-state index contributed by atoms with van der Waals surface area (Å²) in [5.41, 5.74) is -0.759. The number of alkyl carbamates (subject to hydrolysis) is 1. The molecular formula is C17H29N3O8. The highest BCUT2D eigenvalue weighted by Crippen LogP contribution is 2.09. The van der Waals surface area contributed by atoms with Crippen molar-refractivity contribution in [1.82, 2.24) is 16.0 Å². The minimum atomic E-state index is -1.63. The fourth-order valence-corrected chi connectivity index (χ4v) is 2.01. The van der Waals surface area contributed by atoms with E-state index < -0.39 is 60.0 Å². The number of hydrogen-bond acceptors (Lipinski definition) is 6. The molecule has 0 rings (SSSR count).